The van der Waals surface area contributed by atoms with Gasteiger partial charge in [0.2, 0.25) is 5.91 Å². The zero-order chi connectivity index (χ0) is 18.5. The van der Waals surface area contributed by atoms with Crippen molar-refractivity contribution in [2.24, 2.45) is 0 Å². The van der Waals surface area contributed by atoms with Crippen LogP contribution in [0.4, 0.5) is 11.4 Å². The fourth-order valence-corrected chi connectivity index (χ4v) is 3.47. The first-order valence-corrected chi connectivity index (χ1v) is 9.52. The highest BCUT2D eigenvalue weighted by atomic mass is 35.5. The summed E-state index contributed by atoms with van der Waals surface area (Å²) in [5.74, 6) is 0.530. The molecule has 0 bridgehead atoms. The van der Waals surface area contributed by atoms with Gasteiger partial charge in [-0.3, -0.25) is 9.69 Å². The number of benzene rings is 2. The zero-order valence-electron chi connectivity index (χ0n) is 15.4. The molecule has 0 saturated carbocycles. The van der Waals surface area contributed by atoms with Gasteiger partial charge >= 0.3 is 0 Å². The summed E-state index contributed by atoms with van der Waals surface area (Å²) in [6.07, 6.45) is 0. The van der Waals surface area contributed by atoms with Gasteiger partial charge in [0, 0.05) is 31.9 Å². The van der Waals surface area contributed by atoms with Crippen molar-refractivity contribution in [2.75, 3.05) is 42.9 Å². The standard InChI is InChI=1S/C21H26ClN3O/c1-16(2)17-7-9-18(10-8-17)23-21(26)15-24-11-13-25(14-12-24)20-6-4-3-5-19(20)22/h3-10,16H,11-15H2,1-2H3,(H,23,26). The van der Waals surface area contributed by atoms with Crippen molar-refractivity contribution in [1.29, 1.82) is 0 Å². The number of rotatable bonds is 5. The number of halogens is 1. The van der Waals surface area contributed by atoms with Crippen LogP contribution in [0.25, 0.3) is 0 Å². The van der Waals surface area contributed by atoms with E-state index in [1.165, 1.54) is 5.56 Å². The number of nitrogens with one attached hydrogen (secondary N) is 1. The summed E-state index contributed by atoms with van der Waals surface area (Å²) in [6, 6.07) is 16.0. The number of anilines is 2. The molecule has 1 N–H and O–H groups in total. The first kappa shape index (κ1) is 18.7. The van der Waals surface area contributed by atoms with Crippen LogP contribution in [0.15, 0.2) is 48.5 Å². The molecule has 0 aliphatic carbocycles. The van der Waals surface area contributed by atoms with Crippen LogP contribution in [-0.4, -0.2) is 43.5 Å². The lowest BCUT2D eigenvalue weighted by atomic mass is 10.0. The van der Waals surface area contributed by atoms with E-state index in [-0.39, 0.29) is 5.91 Å². The highest BCUT2D eigenvalue weighted by molar-refractivity contribution is 6.33. The molecule has 2 aromatic rings. The number of hydrogen-bond acceptors (Lipinski definition) is 3. The van der Waals surface area contributed by atoms with Gasteiger partial charge < -0.3 is 10.2 Å². The van der Waals surface area contributed by atoms with E-state index < -0.39 is 0 Å². The number of carbonyl (C=O) groups is 1. The number of para-hydroxylation sites is 1. The molecule has 0 spiro atoms. The minimum absolute atomic E-state index is 0.0356. The third-order valence-electron chi connectivity index (χ3n) is 4.79. The van der Waals surface area contributed by atoms with Crippen LogP contribution in [0.2, 0.25) is 5.02 Å². The predicted octanol–water partition coefficient (Wildman–Crippen LogP) is 4.22. The van der Waals surface area contributed by atoms with E-state index in [0.29, 0.717) is 12.5 Å². The van der Waals surface area contributed by atoms with Crippen molar-refractivity contribution in [3.8, 4) is 0 Å². The maximum atomic E-state index is 12.3. The minimum atomic E-state index is 0.0356. The van der Waals surface area contributed by atoms with Crippen molar-refractivity contribution in [2.45, 2.75) is 19.8 Å². The first-order valence-electron chi connectivity index (χ1n) is 9.14. The number of hydrogen-bond donors (Lipinski definition) is 1. The molecule has 1 heterocycles. The summed E-state index contributed by atoms with van der Waals surface area (Å²) < 4.78 is 0. The van der Waals surface area contributed by atoms with Gasteiger partial charge in [-0.25, -0.2) is 0 Å². The number of carbonyl (C=O) groups excluding carboxylic acids is 1. The topological polar surface area (TPSA) is 35.6 Å². The molecule has 5 heteroatoms. The van der Waals surface area contributed by atoms with Gasteiger partial charge in [0.25, 0.3) is 0 Å². The normalized spacial score (nSPS) is 15.3. The van der Waals surface area contributed by atoms with Crippen LogP contribution in [0, 0.1) is 0 Å². The molecule has 1 amide bonds. The molecule has 0 atom stereocenters. The third kappa shape index (κ3) is 4.77. The van der Waals surface area contributed by atoms with E-state index >= 15 is 0 Å². The average Bonchev–Trinajstić information content (AvgIpc) is 2.63. The Balaban J connectivity index is 1.48. The van der Waals surface area contributed by atoms with Gasteiger partial charge in [0.15, 0.2) is 0 Å². The molecule has 3 rings (SSSR count). The van der Waals surface area contributed by atoms with Crippen molar-refractivity contribution in [3.63, 3.8) is 0 Å². The lowest BCUT2D eigenvalue weighted by Gasteiger charge is -2.36. The van der Waals surface area contributed by atoms with E-state index in [2.05, 4.69) is 41.1 Å². The summed E-state index contributed by atoms with van der Waals surface area (Å²) in [5, 5.41) is 3.77. The number of amides is 1. The smallest absolute Gasteiger partial charge is 0.238 e. The summed E-state index contributed by atoms with van der Waals surface area (Å²) in [7, 11) is 0. The predicted molar refractivity (Wildman–Crippen MR) is 109 cm³/mol. The van der Waals surface area contributed by atoms with Gasteiger partial charge in [-0.15, -0.1) is 0 Å². The fraction of sp³-hybridized carbons (Fsp3) is 0.381. The third-order valence-corrected chi connectivity index (χ3v) is 5.11. The molecule has 0 radical (unpaired) electrons. The van der Waals surface area contributed by atoms with Crippen molar-refractivity contribution >= 4 is 28.9 Å². The second-order valence-corrected chi connectivity index (χ2v) is 7.45. The van der Waals surface area contributed by atoms with Crippen molar-refractivity contribution in [1.82, 2.24) is 4.90 Å². The van der Waals surface area contributed by atoms with E-state index in [4.69, 9.17) is 11.6 Å². The average molecular weight is 372 g/mol. The molecule has 1 fully saturated rings. The van der Waals surface area contributed by atoms with Gasteiger partial charge in [-0.2, -0.15) is 0 Å². The summed E-state index contributed by atoms with van der Waals surface area (Å²) in [6.45, 7) is 8.20. The van der Waals surface area contributed by atoms with Crippen LogP contribution in [0.1, 0.15) is 25.3 Å². The van der Waals surface area contributed by atoms with Gasteiger partial charge in [0.05, 0.1) is 17.3 Å². The highest BCUT2D eigenvalue weighted by Gasteiger charge is 2.20. The molecule has 1 aliphatic rings. The molecule has 138 valence electrons. The number of piperazine rings is 1. The maximum Gasteiger partial charge on any atom is 0.238 e. The molecule has 2 aromatic carbocycles. The van der Waals surface area contributed by atoms with E-state index in [0.717, 1.165) is 42.6 Å². The Morgan fingerprint density at radius 3 is 2.31 bits per heavy atom. The van der Waals surface area contributed by atoms with Crippen molar-refractivity contribution < 1.29 is 4.79 Å². The Labute approximate surface area is 160 Å². The van der Waals surface area contributed by atoms with Gasteiger partial charge in [-0.05, 0) is 35.7 Å². The Kier molecular flexibility index (Phi) is 6.17. The van der Waals surface area contributed by atoms with Gasteiger partial charge in [-0.1, -0.05) is 49.7 Å². The quantitative estimate of drug-likeness (QED) is 0.854. The summed E-state index contributed by atoms with van der Waals surface area (Å²) in [5.41, 5.74) is 3.20. The molecule has 0 aromatic heterocycles. The molecule has 26 heavy (non-hydrogen) atoms. The Hall–Kier alpha value is -2.04. The SMILES string of the molecule is CC(C)c1ccc(NC(=O)CN2CCN(c3ccccc3Cl)CC2)cc1. The molecule has 1 saturated heterocycles. The molecular formula is C21H26ClN3O. The Morgan fingerprint density at radius 1 is 1.04 bits per heavy atom. The highest BCUT2D eigenvalue weighted by Crippen LogP contribution is 2.26. The maximum absolute atomic E-state index is 12.3. The monoisotopic (exact) mass is 371 g/mol. The molecular weight excluding hydrogens is 346 g/mol. The van der Waals surface area contributed by atoms with E-state index in [9.17, 15) is 4.79 Å². The van der Waals surface area contributed by atoms with E-state index in [1.807, 2.05) is 36.4 Å². The lowest BCUT2D eigenvalue weighted by molar-refractivity contribution is -0.117. The molecule has 0 unspecified atom stereocenters. The second-order valence-electron chi connectivity index (χ2n) is 7.04. The zero-order valence-corrected chi connectivity index (χ0v) is 16.2. The largest absolute Gasteiger partial charge is 0.368 e. The Bertz CT molecular complexity index is 737. The first-order chi connectivity index (χ1) is 12.5. The summed E-state index contributed by atoms with van der Waals surface area (Å²) in [4.78, 5) is 16.8. The van der Waals surface area contributed by atoms with E-state index in [1.54, 1.807) is 0 Å². The minimum Gasteiger partial charge on any atom is -0.368 e. The second kappa shape index (κ2) is 8.56. The van der Waals surface area contributed by atoms with Crippen molar-refractivity contribution in [3.05, 3.63) is 59.1 Å². The van der Waals surface area contributed by atoms with Crippen LogP contribution in [0.3, 0.4) is 0 Å². The van der Waals surface area contributed by atoms with Crippen LogP contribution < -0.4 is 10.2 Å². The van der Waals surface area contributed by atoms with Crippen LogP contribution >= 0.6 is 11.6 Å². The molecule has 1 aliphatic heterocycles. The summed E-state index contributed by atoms with van der Waals surface area (Å²) >= 11 is 6.28. The lowest BCUT2D eigenvalue weighted by Crippen LogP contribution is -2.48. The fourth-order valence-electron chi connectivity index (χ4n) is 3.21. The van der Waals surface area contributed by atoms with Gasteiger partial charge in [0.1, 0.15) is 0 Å². The van der Waals surface area contributed by atoms with Crippen LogP contribution in [-0.2, 0) is 4.79 Å². The number of nitrogens with zero attached hydrogens (tertiary/aromatic N) is 2. The Morgan fingerprint density at radius 2 is 1.69 bits per heavy atom. The molecule has 4 nitrogen and oxygen atoms in total. The van der Waals surface area contributed by atoms with Crippen LogP contribution in [0.5, 0.6) is 0 Å².